The SMILES string of the molecule is CCOC(=O)CN(C(=O)CSc1nnc(-c2ccncc2)n1-c1ccc(F)cc1)c1ccccc1. The van der Waals surface area contributed by atoms with E-state index in [1.54, 1.807) is 72.4 Å². The van der Waals surface area contributed by atoms with Crippen LogP contribution in [0.4, 0.5) is 10.1 Å². The molecule has 0 aliphatic carbocycles. The van der Waals surface area contributed by atoms with Gasteiger partial charge in [-0.2, -0.15) is 0 Å². The zero-order chi connectivity index (χ0) is 24.6. The van der Waals surface area contributed by atoms with Crippen molar-refractivity contribution in [1.29, 1.82) is 0 Å². The highest BCUT2D eigenvalue weighted by molar-refractivity contribution is 7.99. The maximum atomic E-state index is 13.6. The summed E-state index contributed by atoms with van der Waals surface area (Å²) >= 11 is 1.17. The zero-order valence-electron chi connectivity index (χ0n) is 18.9. The Labute approximate surface area is 205 Å². The number of rotatable bonds is 9. The molecule has 2 aromatic carbocycles. The molecule has 0 bridgehead atoms. The predicted molar refractivity (Wildman–Crippen MR) is 131 cm³/mol. The van der Waals surface area contributed by atoms with Gasteiger partial charge >= 0.3 is 5.97 Å². The number of thioether (sulfide) groups is 1. The molecule has 4 rings (SSSR count). The lowest BCUT2D eigenvalue weighted by atomic mass is 10.2. The van der Waals surface area contributed by atoms with Crippen LogP contribution in [0, 0.1) is 5.82 Å². The van der Waals surface area contributed by atoms with E-state index < -0.39 is 5.97 Å². The van der Waals surface area contributed by atoms with Crippen LogP contribution in [-0.2, 0) is 14.3 Å². The lowest BCUT2D eigenvalue weighted by Gasteiger charge is -2.21. The number of carbonyl (C=O) groups excluding carboxylic acids is 2. The van der Waals surface area contributed by atoms with Crippen molar-refractivity contribution in [1.82, 2.24) is 19.7 Å². The van der Waals surface area contributed by atoms with Gasteiger partial charge in [0.05, 0.1) is 12.4 Å². The van der Waals surface area contributed by atoms with Crippen LogP contribution in [0.1, 0.15) is 6.92 Å². The van der Waals surface area contributed by atoms with E-state index >= 15 is 0 Å². The highest BCUT2D eigenvalue weighted by atomic mass is 32.2. The first-order valence-electron chi connectivity index (χ1n) is 10.8. The molecule has 2 heterocycles. The second-order valence-electron chi connectivity index (χ2n) is 7.26. The molecule has 0 N–H and O–H groups in total. The largest absolute Gasteiger partial charge is 0.465 e. The summed E-state index contributed by atoms with van der Waals surface area (Å²) in [5.41, 5.74) is 2.00. The van der Waals surface area contributed by atoms with Crippen LogP contribution >= 0.6 is 11.8 Å². The predicted octanol–water partition coefficient (Wildman–Crippen LogP) is 4.16. The molecule has 35 heavy (non-hydrogen) atoms. The van der Waals surface area contributed by atoms with Gasteiger partial charge < -0.3 is 9.64 Å². The Bertz CT molecular complexity index is 1280. The van der Waals surface area contributed by atoms with Crippen molar-refractivity contribution in [3.8, 4) is 17.1 Å². The molecule has 1 amide bonds. The number of pyridine rings is 1. The summed E-state index contributed by atoms with van der Waals surface area (Å²) in [6.45, 7) is 1.73. The molecule has 0 spiro atoms. The van der Waals surface area contributed by atoms with Gasteiger partial charge in [-0.1, -0.05) is 30.0 Å². The van der Waals surface area contributed by atoms with Gasteiger partial charge in [-0.05, 0) is 55.5 Å². The number of aromatic nitrogens is 4. The fourth-order valence-corrected chi connectivity index (χ4v) is 4.17. The number of halogens is 1. The monoisotopic (exact) mass is 491 g/mol. The highest BCUT2D eigenvalue weighted by Crippen LogP contribution is 2.28. The third-order valence-electron chi connectivity index (χ3n) is 4.94. The molecule has 4 aromatic rings. The van der Waals surface area contributed by atoms with Crippen molar-refractivity contribution in [2.24, 2.45) is 0 Å². The number of hydrogen-bond acceptors (Lipinski definition) is 7. The summed E-state index contributed by atoms with van der Waals surface area (Å²) < 4.78 is 20.4. The van der Waals surface area contributed by atoms with Gasteiger partial charge in [0.1, 0.15) is 12.4 Å². The number of hydrogen-bond donors (Lipinski definition) is 0. The van der Waals surface area contributed by atoms with Gasteiger partial charge in [0.25, 0.3) is 0 Å². The maximum Gasteiger partial charge on any atom is 0.326 e. The number of amides is 1. The number of carbonyl (C=O) groups is 2. The van der Waals surface area contributed by atoms with Crippen molar-refractivity contribution in [2.75, 3.05) is 23.8 Å². The van der Waals surface area contributed by atoms with Crippen molar-refractivity contribution in [3.05, 3.63) is 84.9 Å². The number of ether oxygens (including phenoxy) is 1. The molecule has 0 unspecified atom stereocenters. The molecule has 0 saturated heterocycles. The fourth-order valence-electron chi connectivity index (χ4n) is 3.35. The lowest BCUT2D eigenvalue weighted by molar-refractivity contribution is -0.142. The normalized spacial score (nSPS) is 10.7. The second-order valence-corrected chi connectivity index (χ2v) is 8.21. The van der Waals surface area contributed by atoms with Crippen molar-refractivity contribution < 1.29 is 18.7 Å². The average Bonchev–Trinajstić information content (AvgIpc) is 3.31. The Balaban J connectivity index is 1.61. The number of nitrogens with zero attached hydrogens (tertiary/aromatic N) is 5. The fraction of sp³-hybridized carbons (Fsp3) is 0.160. The minimum absolute atomic E-state index is 0.00995. The van der Waals surface area contributed by atoms with Gasteiger partial charge in [0.15, 0.2) is 11.0 Å². The summed E-state index contributed by atoms with van der Waals surface area (Å²) in [6.07, 6.45) is 3.28. The van der Waals surface area contributed by atoms with E-state index in [-0.39, 0.29) is 30.6 Å². The van der Waals surface area contributed by atoms with Gasteiger partial charge in [0, 0.05) is 29.3 Å². The molecule has 8 nitrogen and oxygen atoms in total. The van der Waals surface area contributed by atoms with Crippen LogP contribution < -0.4 is 4.90 Å². The van der Waals surface area contributed by atoms with Crippen LogP contribution in [0.2, 0.25) is 0 Å². The van der Waals surface area contributed by atoms with Gasteiger partial charge in [-0.15, -0.1) is 10.2 Å². The first kappa shape index (κ1) is 24.1. The number of para-hydroxylation sites is 1. The molecule has 178 valence electrons. The molecule has 0 atom stereocenters. The van der Waals surface area contributed by atoms with Crippen molar-refractivity contribution >= 4 is 29.3 Å². The second kappa shape index (κ2) is 11.4. The van der Waals surface area contributed by atoms with E-state index in [9.17, 15) is 14.0 Å². The van der Waals surface area contributed by atoms with Crippen LogP contribution in [-0.4, -0.2) is 50.5 Å². The lowest BCUT2D eigenvalue weighted by Crippen LogP contribution is -2.37. The number of esters is 1. The van der Waals surface area contributed by atoms with Crippen molar-refractivity contribution in [3.63, 3.8) is 0 Å². The Morgan fingerprint density at radius 2 is 1.71 bits per heavy atom. The molecule has 0 saturated carbocycles. The molecule has 0 aliphatic rings. The van der Waals surface area contributed by atoms with E-state index in [0.29, 0.717) is 22.4 Å². The third kappa shape index (κ3) is 5.90. The quantitative estimate of drug-likeness (QED) is 0.257. The van der Waals surface area contributed by atoms with E-state index in [1.807, 2.05) is 6.07 Å². The van der Waals surface area contributed by atoms with E-state index in [1.165, 1.54) is 28.8 Å². The van der Waals surface area contributed by atoms with Crippen LogP contribution in [0.25, 0.3) is 17.1 Å². The Kier molecular flexibility index (Phi) is 7.84. The summed E-state index contributed by atoms with van der Waals surface area (Å²) in [7, 11) is 0. The molecule has 10 heteroatoms. The first-order valence-corrected chi connectivity index (χ1v) is 11.8. The maximum absolute atomic E-state index is 13.6. The Morgan fingerprint density at radius 1 is 1.00 bits per heavy atom. The average molecular weight is 492 g/mol. The van der Waals surface area contributed by atoms with E-state index in [0.717, 1.165) is 5.56 Å². The summed E-state index contributed by atoms with van der Waals surface area (Å²) in [5.74, 6) is -0.642. The van der Waals surface area contributed by atoms with Crippen LogP contribution in [0.5, 0.6) is 0 Å². The minimum Gasteiger partial charge on any atom is -0.465 e. The molecule has 0 fully saturated rings. The smallest absolute Gasteiger partial charge is 0.326 e. The molecule has 2 aromatic heterocycles. The standard InChI is InChI=1S/C25H22FN5O3S/c1-2-34-23(33)16-30(20-6-4-3-5-7-20)22(32)17-35-25-29-28-24(18-12-14-27-15-13-18)31(25)21-10-8-19(26)9-11-21/h3-15H,2,16-17H2,1H3. The first-order chi connectivity index (χ1) is 17.1. The van der Waals surface area contributed by atoms with Gasteiger partial charge in [0.2, 0.25) is 5.91 Å². The molecule has 0 radical (unpaired) electrons. The topological polar surface area (TPSA) is 90.2 Å². The van der Waals surface area contributed by atoms with Crippen molar-refractivity contribution in [2.45, 2.75) is 12.1 Å². The van der Waals surface area contributed by atoms with E-state index in [2.05, 4.69) is 15.2 Å². The van der Waals surface area contributed by atoms with Gasteiger partial charge in [-0.25, -0.2) is 4.39 Å². The summed E-state index contributed by atoms with van der Waals surface area (Å²) in [6, 6.07) is 18.4. The number of anilines is 1. The highest BCUT2D eigenvalue weighted by Gasteiger charge is 2.22. The van der Waals surface area contributed by atoms with Crippen LogP contribution in [0.15, 0.2) is 84.3 Å². The Hall–Kier alpha value is -4.05. The minimum atomic E-state index is -0.496. The van der Waals surface area contributed by atoms with E-state index in [4.69, 9.17) is 4.74 Å². The molecule has 0 aliphatic heterocycles. The van der Waals surface area contributed by atoms with Gasteiger partial charge in [-0.3, -0.25) is 19.1 Å². The third-order valence-corrected chi connectivity index (χ3v) is 5.86. The zero-order valence-corrected chi connectivity index (χ0v) is 19.7. The summed E-state index contributed by atoms with van der Waals surface area (Å²) in [5, 5.41) is 9.04. The summed E-state index contributed by atoms with van der Waals surface area (Å²) in [4.78, 5) is 30.8. The van der Waals surface area contributed by atoms with Crippen LogP contribution in [0.3, 0.4) is 0 Å². The molecular weight excluding hydrogens is 469 g/mol. The number of benzene rings is 2. The Morgan fingerprint density at radius 3 is 2.40 bits per heavy atom. The molecular formula is C25H22FN5O3S.